The predicted molar refractivity (Wildman–Crippen MR) is 87.7 cm³/mol. The number of benzene rings is 1. The van der Waals surface area contributed by atoms with Crippen LogP contribution in [-0.4, -0.2) is 44.2 Å². The molecular weight excluding hydrogens is 270 g/mol. The molecule has 2 rings (SSSR count). The molecule has 1 aromatic carbocycles. The first-order valence-electron chi connectivity index (χ1n) is 7.59. The summed E-state index contributed by atoms with van der Waals surface area (Å²) < 4.78 is 0. The standard InChI is InChI=1S/C16H26ClN3/c1-3-20-10-4-5-15(20)12-19(2)14-7-6-13(8-9-18)16(17)11-14/h6-7,11,15H,3-5,8-10,12,18H2,1-2H3. The van der Waals surface area contributed by atoms with E-state index >= 15 is 0 Å². The second-order valence-electron chi connectivity index (χ2n) is 5.62. The van der Waals surface area contributed by atoms with Gasteiger partial charge in [0, 0.05) is 30.3 Å². The van der Waals surface area contributed by atoms with Crippen LogP contribution in [0.2, 0.25) is 5.02 Å². The highest BCUT2D eigenvalue weighted by Gasteiger charge is 2.24. The van der Waals surface area contributed by atoms with Crippen molar-refractivity contribution < 1.29 is 0 Å². The number of hydrogen-bond donors (Lipinski definition) is 1. The zero-order valence-electron chi connectivity index (χ0n) is 12.6. The largest absolute Gasteiger partial charge is 0.373 e. The Labute approximate surface area is 127 Å². The van der Waals surface area contributed by atoms with Gasteiger partial charge in [-0.15, -0.1) is 0 Å². The summed E-state index contributed by atoms with van der Waals surface area (Å²) in [5.41, 5.74) is 7.93. The molecule has 1 aromatic rings. The first-order valence-corrected chi connectivity index (χ1v) is 7.97. The van der Waals surface area contributed by atoms with E-state index in [2.05, 4.69) is 42.0 Å². The molecular formula is C16H26ClN3. The van der Waals surface area contributed by atoms with Crippen LogP contribution in [0.3, 0.4) is 0 Å². The maximum atomic E-state index is 6.33. The van der Waals surface area contributed by atoms with Gasteiger partial charge >= 0.3 is 0 Å². The highest BCUT2D eigenvalue weighted by atomic mass is 35.5. The molecule has 1 unspecified atom stereocenters. The van der Waals surface area contributed by atoms with Crippen molar-refractivity contribution in [3.05, 3.63) is 28.8 Å². The second kappa shape index (κ2) is 7.30. The summed E-state index contributed by atoms with van der Waals surface area (Å²) in [6.07, 6.45) is 3.47. The first-order chi connectivity index (χ1) is 9.65. The minimum atomic E-state index is 0.641. The Morgan fingerprint density at radius 2 is 2.25 bits per heavy atom. The quantitative estimate of drug-likeness (QED) is 0.876. The van der Waals surface area contributed by atoms with Gasteiger partial charge in [0.25, 0.3) is 0 Å². The third-order valence-electron chi connectivity index (χ3n) is 4.28. The summed E-state index contributed by atoms with van der Waals surface area (Å²) >= 11 is 6.33. The van der Waals surface area contributed by atoms with Crippen molar-refractivity contribution in [3.8, 4) is 0 Å². The zero-order chi connectivity index (χ0) is 14.5. The molecule has 0 aliphatic carbocycles. The van der Waals surface area contributed by atoms with E-state index in [4.69, 9.17) is 17.3 Å². The SMILES string of the molecule is CCN1CCCC1CN(C)c1ccc(CCN)c(Cl)c1. The highest BCUT2D eigenvalue weighted by molar-refractivity contribution is 6.31. The van der Waals surface area contributed by atoms with Crippen LogP contribution in [0.15, 0.2) is 18.2 Å². The van der Waals surface area contributed by atoms with E-state index in [0.717, 1.165) is 30.1 Å². The topological polar surface area (TPSA) is 32.5 Å². The minimum Gasteiger partial charge on any atom is -0.373 e. The normalized spacial score (nSPS) is 19.5. The fourth-order valence-electron chi connectivity index (χ4n) is 3.07. The van der Waals surface area contributed by atoms with Crippen molar-refractivity contribution in [2.45, 2.75) is 32.2 Å². The monoisotopic (exact) mass is 295 g/mol. The first kappa shape index (κ1) is 15.6. The van der Waals surface area contributed by atoms with Gasteiger partial charge in [0.1, 0.15) is 0 Å². The van der Waals surface area contributed by atoms with Crippen LogP contribution < -0.4 is 10.6 Å². The smallest absolute Gasteiger partial charge is 0.0459 e. The number of nitrogens with two attached hydrogens (primary N) is 1. The fraction of sp³-hybridized carbons (Fsp3) is 0.625. The molecule has 0 radical (unpaired) electrons. The molecule has 20 heavy (non-hydrogen) atoms. The van der Waals surface area contributed by atoms with Crippen molar-refractivity contribution in [1.82, 2.24) is 4.90 Å². The number of likely N-dealkylation sites (N-methyl/N-ethyl adjacent to an activating group) is 2. The number of hydrogen-bond acceptors (Lipinski definition) is 3. The third-order valence-corrected chi connectivity index (χ3v) is 4.63. The van der Waals surface area contributed by atoms with Gasteiger partial charge < -0.3 is 10.6 Å². The average molecular weight is 296 g/mol. The summed E-state index contributed by atoms with van der Waals surface area (Å²) in [6, 6.07) is 7.00. The summed E-state index contributed by atoms with van der Waals surface area (Å²) in [4.78, 5) is 4.89. The number of likely N-dealkylation sites (tertiary alicyclic amines) is 1. The molecule has 3 nitrogen and oxygen atoms in total. The van der Waals surface area contributed by atoms with Crippen molar-refractivity contribution in [2.24, 2.45) is 5.73 Å². The fourth-order valence-corrected chi connectivity index (χ4v) is 3.34. The van der Waals surface area contributed by atoms with E-state index in [1.165, 1.54) is 25.1 Å². The lowest BCUT2D eigenvalue weighted by molar-refractivity contribution is 0.270. The lowest BCUT2D eigenvalue weighted by Crippen LogP contribution is -2.38. The highest BCUT2D eigenvalue weighted by Crippen LogP contribution is 2.25. The van der Waals surface area contributed by atoms with Gasteiger partial charge in [0.05, 0.1) is 0 Å². The second-order valence-corrected chi connectivity index (χ2v) is 6.03. The molecule has 1 saturated heterocycles. The van der Waals surface area contributed by atoms with Gasteiger partial charge in [-0.25, -0.2) is 0 Å². The van der Waals surface area contributed by atoms with Crippen LogP contribution in [0.1, 0.15) is 25.3 Å². The number of rotatable bonds is 6. The Kier molecular flexibility index (Phi) is 5.70. The Balaban J connectivity index is 2.01. The predicted octanol–water partition coefficient (Wildman–Crippen LogP) is 2.76. The van der Waals surface area contributed by atoms with E-state index in [1.54, 1.807) is 0 Å². The van der Waals surface area contributed by atoms with Crippen molar-refractivity contribution in [3.63, 3.8) is 0 Å². The summed E-state index contributed by atoms with van der Waals surface area (Å²) in [5.74, 6) is 0. The number of halogens is 1. The molecule has 1 atom stereocenters. The minimum absolute atomic E-state index is 0.641. The van der Waals surface area contributed by atoms with E-state index in [-0.39, 0.29) is 0 Å². The molecule has 1 aliphatic rings. The Morgan fingerprint density at radius 1 is 1.45 bits per heavy atom. The average Bonchev–Trinajstić information content (AvgIpc) is 2.88. The zero-order valence-corrected chi connectivity index (χ0v) is 13.4. The number of nitrogens with zero attached hydrogens (tertiary/aromatic N) is 2. The van der Waals surface area contributed by atoms with Crippen LogP contribution in [-0.2, 0) is 6.42 Å². The lowest BCUT2D eigenvalue weighted by Gasteiger charge is -2.29. The van der Waals surface area contributed by atoms with E-state index in [9.17, 15) is 0 Å². The van der Waals surface area contributed by atoms with E-state index in [0.29, 0.717) is 12.6 Å². The van der Waals surface area contributed by atoms with Crippen LogP contribution in [0, 0.1) is 0 Å². The Bertz CT molecular complexity index is 436. The molecule has 0 spiro atoms. The van der Waals surface area contributed by atoms with Crippen molar-refractivity contribution in [2.75, 3.05) is 38.1 Å². The van der Waals surface area contributed by atoms with Gasteiger partial charge in [-0.3, -0.25) is 4.90 Å². The van der Waals surface area contributed by atoms with Gasteiger partial charge in [0.2, 0.25) is 0 Å². The molecule has 0 saturated carbocycles. The van der Waals surface area contributed by atoms with Gasteiger partial charge in [-0.2, -0.15) is 0 Å². The van der Waals surface area contributed by atoms with Crippen LogP contribution in [0.25, 0.3) is 0 Å². The van der Waals surface area contributed by atoms with E-state index in [1.807, 2.05) is 0 Å². The van der Waals surface area contributed by atoms with Crippen LogP contribution >= 0.6 is 11.6 Å². The molecule has 2 N–H and O–H groups in total. The maximum absolute atomic E-state index is 6.33. The van der Waals surface area contributed by atoms with Crippen molar-refractivity contribution >= 4 is 17.3 Å². The van der Waals surface area contributed by atoms with Crippen LogP contribution in [0.4, 0.5) is 5.69 Å². The number of anilines is 1. The molecule has 0 bridgehead atoms. The van der Waals surface area contributed by atoms with Gasteiger partial charge in [0.15, 0.2) is 0 Å². The molecule has 0 amide bonds. The summed E-state index contributed by atoms with van der Waals surface area (Å²) in [6.45, 7) is 6.35. The van der Waals surface area contributed by atoms with Crippen molar-refractivity contribution in [1.29, 1.82) is 0 Å². The molecule has 4 heteroatoms. The van der Waals surface area contributed by atoms with Gasteiger partial charge in [-0.1, -0.05) is 24.6 Å². The molecule has 1 aliphatic heterocycles. The Morgan fingerprint density at radius 3 is 2.90 bits per heavy atom. The summed E-state index contributed by atoms with van der Waals surface area (Å²) in [7, 11) is 2.15. The molecule has 112 valence electrons. The summed E-state index contributed by atoms with van der Waals surface area (Å²) in [5, 5.41) is 0.832. The molecule has 0 aromatic heterocycles. The van der Waals surface area contributed by atoms with Gasteiger partial charge in [-0.05, 0) is 56.6 Å². The third kappa shape index (κ3) is 3.66. The molecule has 1 heterocycles. The Hall–Kier alpha value is -0.770. The van der Waals surface area contributed by atoms with Crippen LogP contribution in [0.5, 0.6) is 0 Å². The van der Waals surface area contributed by atoms with E-state index < -0.39 is 0 Å². The molecule has 1 fully saturated rings. The lowest BCUT2D eigenvalue weighted by atomic mass is 10.1. The maximum Gasteiger partial charge on any atom is 0.0459 e.